The van der Waals surface area contributed by atoms with Gasteiger partial charge in [0.1, 0.15) is 11.6 Å². The summed E-state index contributed by atoms with van der Waals surface area (Å²) < 4.78 is 5.16. The Kier molecular flexibility index (Phi) is 5.42. The van der Waals surface area contributed by atoms with E-state index in [4.69, 9.17) is 4.74 Å². The number of benzene rings is 2. The smallest absolute Gasteiger partial charge is 0.232 e. The van der Waals surface area contributed by atoms with Gasteiger partial charge < -0.3 is 4.74 Å². The Morgan fingerprint density at radius 3 is 2.28 bits per heavy atom. The fraction of sp³-hybridized carbons (Fsp3) is 0.143. The van der Waals surface area contributed by atoms with Crippen LogP contribution in [0.3, 0.4) is 0 Å². The van der Waals surface area contributed by atoms with Crippen LogP contribution in [0.1, 0.15) is 11.1 Å². The fourth-order valence-electron chi connectivity index (χ4n) is 2.59. The first-order chi connectivity index (χ1) is 12.3. The molecule has 0 fully saturated rings. The van der Waals surface area contributed by atoms with E-state index >= 15 is 0 Å². The van der Waals surface area contributed by atoms with Gasteiger partial charge in [0.2, 0.25) is 5.91 Å². The number of aromatic nitrogens is 1. The number of amides is 1. The number of pyridine rings is 1. The van der Waals surface area contributed by atoms with Crippen molar-refractivity contribution in [3.63, 3.8) is 0 Å². The molecule has 0 saturated heterocycles. The third-order valence-corrected chi connectivity index (χ3v) is 3.92. The molecule has 0 radical (unpaired) electrons. The number of carbonyl (C=O) groups is 1. The zero-order valence-electron chi connectivity index (χ0n) is 14.1. The number of hydrogen-bond acceptors (Lipinski definition) is 3. The average Bonchev–Trinajstić information content (AvgIpc) is 2.68. The minimum absolute atomic E-state index is 0.00715. The second-order valence-electron chi connectivity index (χ2n) is 5.68. The number of anilines is 1. The van der Waals surface area contributed by atoms with Crippen LogP contribution in [0.5, 0.6) is 5.75 Å². The van der Waals surface area contributed by atoms with Crippen molar-refractivity contribution in [3.05, 3.63) is 90.1 Å². The summed E-state index contributed by atoms with van der Waals surface area (Å²) in [5.74, 6) is 1.44. The van der Waals surface area contributed by atoms with E-state index in [1.807, 2.05) is 72.8 Å². The van der Waals surface area contributed by atoms with Crippen LogP contribution in [-0.2, 0) is 17.8 Å². The first-order valence-corrected chi connectivity index (χ1v) is 8.14. The lowest BCUT2D eigenvalue weighted by molar-refractivity contribution is -0.118. The molecule has 1 heterocycles. The van der Waals surface area contributed by atoms with Crippen molar-refractivity contribution in [1.29, 1.82) is 0 Å². The third-order valence-electron chi connectivity index (χ3n) is 3.92. The largest absolute Gasteiger partial charge is 0.497 e. The topological polar surface area (TPSA) is 42.4 Å². The maximum atomic E-state index is 12.9. The van der Waals surface area contributed by atoms with E-state index in [0.29, 0.717) is 18.8 Å². The lowest BCUT2D eigenvalue weighted by Gasteiger charge is -2.22. The summed E-state index contributed by atoms with van der Waals surface area (Å²) >= 11 is 0. The van der Waals surface area contributed by atoms with Gasteiger partial charge in [-0.05, 0) is 35.4 Å². The van der Waals surface area contributed by atoms with E-state index in [2.05, 4.69) is 4.98 Å². The Labute approximate surface area is 147 Å². The average molecular weight is 332 g/mol. The molecule has 0 aliphatic rings. The van der Waals surface area contributed by atoms with Crippen molar-refractivity contribution in [1.82, 2.24) is 4.98 Å². The molecular formula is C21H20N2O2. The Bertz CT molecular complexity index is 802. The summed E-state index contributed by atoms with van der Waals surface area (Å²) in [4.78, 5) is 19.0. The predicted molar refractivity (Wildman–Crippen MR) is 98.6 cm³/mol. The first-order valence-electron chi connectivity index (χ1n) is 8.14. The third kappa shape index (κ3) is 4.44. The van der Waals surface area contributed by atoms with Crippen molar-refractivity contribution in [3.8, 4) is 5.75 Å². The highest BCUT2D eigenvalue weighted by Gasteiger charge is 2.17. The number of ether oxygens (including phenoxy) is 1. The Hall–Kier alpha value is -3.14. The molecule has 3 rings (SSSR count). The number of carbonyl (C=O) groups excluding carboxylic acids is 1. The molecule has 2 aromatic carbocycles. The van der Waals surface area contributed by atoms with Crippen molar-refractivity contribution in [2.24, 2.45) is 0 Å². The number of methoxy groups -OCH3 is 1. The first kappa shape index (κ1) is 16.7. The molecule has 0 spiro atoms. The Balaban J connectivity index is 1.81. The molecule has 1 amide bonds. The maximum Gasteiger partial charge on any atom is 0.232 e. The van der Waals surface area contributed by atoms with Gasteiger partial charge in [0.05, 0.1) is 20.1 Å². The fourth-order valence-corrected chi connectivity index (χ4v) is 2.59. The molecule has 4 nitrogen and oxygen atoms in total. The Morgan fingerprint density at radius 1 is 0.920 bits per heavy atom. The SMILES string of the molecule is COc1ccc(CC(=O)N(Cc2ccccc2)c2ccccn2)cc1. The van der Waals surface area contributed by atoms with Crippen LogP contribution in [-0.4, -0.2) is 18.0 Å². The lowest BCUT2D eigenvalue weighted by Crippen LogP contribution is -2.32. The molecular weight excluding hydrogens is 312 g/mol. The molecule has 0 N–H and O–H groups in total. The molecule has 0 aliphatic heterocycles. The van der Waals surface area contributed by atoms with E-state index in [0.717, 1.165) is 16.9 Å². The molecule has 0 unspecified atom stereocenters. The standard InChI is InChI=1S/C21H20N2O2/c1-25-19-12-10-17(11-13-19)15-21(24)23(20-9-5-6-14-22-20)16-18-7-3-2-4-8-18/h2-14H,15-16H2,1H3. The summed E-state index contributed by atoms with van der Waals surface area (Å²) in [6.07, 6.45) is 2.02. The van der Waals surface area contributed by atoms with Gasteiger partial charge in [0.25, 0.3) is 0 Å². The van der Waals surface area contributed by atoms with Crippen molar-refractivity contribution < 1.29 is 9.53 Å². The second-order valence-corrected chi connectivity index (χ2v) is 5.68. The minimum Gasteiger partial charge on any atom is -0.497 e. The molecule has 0 atom stereocenters. The molecule has 3 aromatic rings. The molecule has 0 saturated carbocycles. The number of nitrogens with zero attached hydrogens (tertiary/aromatic N) is 2. The highest BCUT2D eigenvalue weighted by molar-refractivity contribution is 5.93. The highest BCUT2D eigenvalue weighted by atomic mass is 16.5. The van der Waals surface area contributed by atoms with Crippen LogP contribution in [0.4, 0.5) is 5.82 Å². The summed E-state index contributed by atoms with van der Waals surface area (Å²) in [7, 11) is 1.63. The molecule has 0 aliphatic carbocycles. The normalized spacial score (nSPS) is 10.3. The van der Waals surface area contributed by atoms with Gasteiger partial charge in [-0.3, -0.25) is 9.69 Å². The van der Waals surface area contributed by atoms with E-state index in [1.54, 1.807) is 18.2 Å². The second kappa shape index (κ2) is 8.11. The molecule has 25 heavy (non-hydrogen) atoms. The van der Waals surface area contributed by atoms with Crippen LogP contribution < -0.4 is 9.64 Å². The van der Waals surface area contributed by atoms with Gasteiger partial charge in [-0.25, -0.2) is 4.98 Å². The van der Waals surface area contributed by atoms with Crippen molar-refractivity contribution >= 4 is 11.7 Å². The van der Waals surface area contributed by atoms with Crippen LogP contribution >= 0.6 is 0 Å². The van der Waals surface area contributed by atoms with Crippen LogP contribution in [0.2, 0.25) is 0 Å². The monoisotopic (exact) mass is 332 g/mol. The lowest BCUT2D eigenvalue weighted by atomic mass is 10.1. The molecule has 1 aromatic heterocycles. The molecule has 126 valence electrons. The maximum absolute atomic E-state index is 12.9. The minimum atomic E-state index is 0.00715. The van der Waals surface area contributed by atoms with Crippen molar-refractivity contribution in [2.75, 3.05) is 12.0 Å². The summed E-state index contributed by atoms with van der Waals surface area (Å²) in [6.45, 7) is 0.493. The summed E-state index contributed by atoms with van der Waals surface area (Å²) in [6, 6.07) is 23.1. The van der Waals surface area contributed by atoms with Gasteiger partial charge in [-0.2, -0.15) is 0 Å². The van der Waals surface area contributed by atoms with Gasteiger partial charge >= 0.3 is 0 Å². The van der Waals surface area contributed by atoms with E-state index in [1.165, 1.54) is 0 Å². The van der Waals surface area contributed by atoms with Crippen LogP contribution in [0.15, 0.2) is 79.0 Å². The van der Waals surface area contributed by atoms with Gasteiger partial charge in [0, 0.05) is 6.20 Å². The summed E-state index contributed by atoms with van der Waals surface area (Å²) in [5.41, 5.74) is 2.01. The van der Waals surface area contributed by atoms with Gasteiger partial charge in [-0.1, -0.05) is 48.5 Å². The zero-order chi connectivity index (χ0) is 17.5. The predicted octanol–water partition coefficient (Wildman–Crippen LogP) is 3.87. The quantitative estimate of drug-likeness (QED) is 0.688. The highest BCUT2D eigenvalue weighted by Crippen LogP contribution is 2.17. The van der Waals surface area contributed by atoms with Crippen molar-refractivity contribution in [2.45, 2.75) is 13.0 Å². The van der Waals surface area contributed by atoms with E-state index < -0.39 is 0 Å². The van der Waals surface area contributed by atoms with Crippen LogP contribution in [0.25, 0.3) is 0 Å². The van der Waals surface area contributed by atoms with E-state index in [-0.39, 0.29) is 5.91 Å². The van der Waals surface area contributed by atoms with Gasteiger partial charge in [-0.15, -0.1) is 0 Å². The van der Waals surface area contributed by atoms with Crippen LogP contribution in [0, 0.1) is 0 Å². The van der Waals surface area contributed by atoms with Gasteiger partial charge in [0.15, 0.2) is 0 Å². The molecule has 0 bridgehead atoms. The summed E-state index contributed by atoms with van der Waals surface area (Å²) in [5, 5.41) is 0. The van der Waals surface area contributed by atoms with E-state index in [9.17, 15) is 4.79 Å². The number of hydrogen-bond donors (Lipinski definition) is 0. The number of rotatable bonds is 6. The zero-order valence-corrected chi connectivity index (χ0v) is 14.1. The molecule has 4 heteroatoms. The Morgan fingerprint density at radius 2 is 1.64 bits per heavy atom.